The summed E-state index contributed by atoms with van der Waals surface area (Å²) in [6.45, 7) is 9.21. The molecule has 3 amide bonds. The molecule has 1 unspecified atom stereocenters. The Kier molecular flexibility index (Phi) is 7.86. The second kappa shape index (κ2) is 10.8. The average molecular weight is 473 g/mol. The molecule has 0 bridgehead atoms. The lowest BCUT2D eigenvalue weighted by molar-refractivity contribution is -0.140. The van der Waals surface area contributed by atoms with Crippen LogP contribution in [0.4, 0.5) is 10.5 Å². The van der Waals surface area contributed by atoms with E-state index in [0.29, 0.717) is 32.0 Å². The number of piperazine rings is 1. The topological polar surface area (TPSA) is 74.4 Å². The van der Waals surface area contributed by atoms with Crippen molar-refractivity contribution >= 4 is 17.6 Å². The molecule has 1 spiro atoms. The molecule has 188 valence electrons. The Labute approximate surface area is 203 Å². The van der Waals surface area contributed by atoms with Crippen molar-refractivity contribution in [1.29, 1.82) is 0 Å². The molecule has 3 aliphatic heterocycles. The zero-order valence-corrected chi connectivity index (χ0v) is 20.9. The van der Waals surface area contributed by atoms with Crippen molar-refractivity contribution in [3.05, 3.63) is 24.3 Å². The van der Waals surface area contributed by atoms with Crippen LogP contribution in [0.1, 0.15) is 46.0 Å². The number of urea groups is 1. The summed E-state index contributed by atoms with van der Waals surface area (Å²) in [6.07, 6.45) is 4.14. The van der Waals surface area contributed by atoms with Crippen LogP contribution in [0.25, 0.3) is 0 Å². The van der Waals surface area contributed by atoms with Crippen LogP contribution in [-0.2, 0) is 9.53 Å². The fourth-order valence-electron chi connectivity index (χ4n) is 5.57. The molecule has 0 aliphatic carbocycles. The van der Waals surface area contributed by atoms with E-state index in [4.69, 9.17) is 9.47 Å². The number of carbonyl (C=O) groups excluding carboxylic acids is 2. The third-order valence-corrected chi connectivity index (χ3v) is 7.49. The van der Waals surface area contributed by atoms with Gasteiger partial charge in [0.05, 0.1) is 18.4 Å². The van der Waals surface area contributed by atoms with E-state index in [1.165, 1.54) is 0 Å². The maximum absolute atomic E-state index is 13.1. The highest BCUT2D eigenvalue weighted by Gasteiger charge is 2.42. The number of rotatable bonds is 5. The van der Waals surface area contributed by atoms with Crippen LogP contribution in [-0.4, -0.2) is 86.4 Å². The summed E-state index contributed by atoms with van der Waals surface area (Å²) in [5, 5.41) is 2.98. The monoisotopic (exact) mass is 472 g/mol. The van der Waals surface area contributed by atoms with E-state index in [0.717, 1.165) is 63.3 Å². The van der Waals surface area contributed by atoms with Gasteiger partial charge in [-0.15, -0.1) is 0 Å². The number of anilines is 1. The van der Waals surface area contributed by atoms with Crippen LogP contribution in [0.3, 0.4) is 0 Å². The predicted molar refractivity (Wildman–Crippen MR) is 132 cm³/mol. The lowest BCUT2D eigenvalue weighted by Gasteiger charge is -2.46. The van der Waals surface area contributed by atoms with E-state index < -0.39 is 0 Å². The lowest BCUT2D eigenvalue weighted by Crippen LogP contribution is -2.54. The molecule has 1 N–H and O–H groups in total. The van der Waals surface area contributed by atoms with Gasteiger partial charge >= 0.3 is 6.03 Å². The molecule has 1 aromatic carbocycles. The van der Waals surface area contributed by atoms with Gasteiger partial charge in [0.15, 0.2) is 0 Å². The number of benzene rings is 1. The second-order valence-electron chi connectivity index (χ2n) is 10.2. The minimum atomic E-state index is -0.180. The van der Waals surface area contributed by atoms with Crippen LogP contribution in [0, 0.1) is 5.92 Å². The van der Waals surface area contributed by atoms with Crippen molar-refractivity contribution < 1.29 is 19.1 Å². The first kappa shape index (κ1) is 24.6. The highest BCUT2D eigenvalue weighted by atomic mass is 16.5. The number of para-hydroxylation sites is 2. The van der Waals surface area contributed by atoms with Crippen molar-refractivity contribution in [2.45, 2.75) is 57.6 Å². The molecular weight excluding hydrogens is 432 g/mol. The maximum atomic E-state index is 13.1. The molecule has 0 aromatic heterocycles. The molecule has 0 radical (unpaired) electrons. The van der Waals surface area contributed by atoms with Gasteiger partial charge in [-0.2, -0.15) is 0 Å². The molecule has 8 heteroatoms. The Balaban J connectivity index is 1.25. The Bertz CT molecular complexity index is 845. The summed E-state index contributed by atoms with van der Waals surface area (Å²) in [5.41, 5.74) is 0.914. The summed E-state index contributed by atoms with van der Waals surface area (Å²) < 4.78 is 11.8. The van der Waals surface area contributed by atoms with Crippen molar-refractivity contribution in [1.82, 2.24) is 15.1 Å². The molecule has 1 aromatic rings. The SMILES string of the molecule is COc1ccccc1N1CCN(C(=O)CC2CCOC3(CCN(C(=O)NC(C)C)CC3)C2)CC1. The van der Waals surface area contributed by atoms with Gasteiger partial charge in [0.2, 0.25) is 5.91 Å². The number of methoxy groups -OCH3 is 1. The van der Waals surface area contributed by atoms with Crippen molar-refractivity contribution in [2.75, 3.05) is 57.9 Å². The van der Waals surface area contributed by atoms with Gasteiger partial charge < -0.3 is 29.5 Å². The van der Waals surface area contributed by atoms with Crippen molar-refractivity contribution in [3.8, 4) is 5.75 Å². The minimum absolute atomic E-state index is 0.0136. The average Bonchev–Trinajstić information content (AvgIpc) is 2.84. The van der Waals surface area contributed by atoms with Crippen molar-refractivity contribution in [2.24, 2.45) is 5.92 Å². The van der Waals surface area contributed by atoms with E-state index in [2.05, 4.69) is 16.3 Å². The van der Waals surface area contributed by atoms with Gasteiger partial charge in [-0.05, 0) is 57.6 Å². The van der Waals surface area contributed by atoms with Crippen LogP contribution in [0.15, 0.2) is 24.3 Å². The van der Waals surface area contributed by atoms with Crippen LogP contribution < -0.4 is 15.0 Å². The summed E-state index contributed by atoms with van der Waals surface area (Å²) >= 11 is 0. The Morgan fingerprint density at radius 2 is 1.79 bits per heavy atom. The highest BCUT2D eigenvalue weighted by Crippen LogP contribution is 2.39. The number of hydrogen-bond acceptors (Lipinski definition) is 5. The predicted octanol–water partition coefficient (Wildman–Crippen LogP) is 3.11. The quantitative estimate of drug-likeness (QED) is 0.713. The summed E-state index contributed by atoms with van der Waals surface area (Å²) in [4.78, 5) is 31.7. The van der Waals surface area contributed by atoms with E-state index in [1.807, 2.05) is 41.8 Å². The molecule has 3 aliphatic rings. The third-order valence-electron chi connectivity index (χ3n) is 7.49. The van der Waals surface area contributed by atoms with E-state index in [-0.39, 0.29) is 23.6 Å². The second-order valence-corrected chi connectivity index (χ2v) is 10.2. The molecule has 3 heterocycles. The standard InChI is InChI=1S/C26H40N4O4/c1-20(2)27-25(32)30-11-9-26(10-12-30)19-21(8-17-34-26)18-24(31)29-15-13-28(14-16-29)22-6-4-5-7-23(22)33-3/h4-7,20-21H,8-19H2,1-3H3,(H,27,32). The Morgan fingerprint density at radius 1 is 1.09 bits per heavy atom. The number of nitrogens with one attached hydrogen (secondary N) is 1. The molecule has 3 saturated heterocycles. The van der Waals surface area contributed by atoms with Crippen molar-refractivity contribution in [3.63, 3.8) is 0 Å². The number of piperidine rings is 1. The van der Waals surface area contributed by atoms with E-state index in [1.54, 1.807) is 7.11 Å². The first-order valence-electron chi connectivity index (χ1n) is 12.7. The highest BCUT2D eigenvalue weighted by molar-refractivity contribution is 5.77. The Morgan fingerprint density at radius 3 is 2.47 bits per heavy atom. The van der Waals surface area contributed by atoms with Gasteiger partial charge in [0, 0.05) is 58.3 Å². The number of nitrogens with zero attached hydrogens (tertiary/aromatic N) is 3. The van der Waals surface area contributed by atoms with Crippen LogP contribution in [0.5, 0.6) is 5.75 Å². The molecule has 1 atom stereocenters. The largest absolute Gasteiger partial charge is 0.495 e. The van der Waals surface area contributed by atoms with E-state index in [9.17, 15) is 9.59 Å². The Hall–Kier alpha value is -2.48. The number of hydrogen-bond donors (Lipinski definition) is 1. The minimum Gasteiger partial charge on any atom is -0.495 e. The smallest absolute Gasteiger partial charge is 0.317 e. The zero-order valence-electron chi connectivity index (χ0n) is 20.9. The molecule has 8 nitrogen and oxygen atoms in total. The fraction of sp³-hybridized carbons (Fsp3) is 0.692. The maximum Gasteiger partial charge on any atom is 0.317 e. The first-order valence-corrected chi connectivity index (χ1v) is 12.7. The third kappa shape index (κ3) is 5.77. The van der Waals surface area contributed by atoms with Gasteiger partial charge in [-0.3, -0.25) is 4.79 Å². The number of ether oxygens (including phenoxy) is 2. The van der Waals surface area contributed by atoms with Crippen LogP contribution >= 0.6 is 0 Å². The molecular formula is C26H40N4O4. The number of likely N-dealkylation sites (tertiary alicyclic amines) is 1. The van der Waals surface area contributed by atoms with Gasteiger partial charge in [-0.1, -0.05) is 12.1 Å². The summed E-state index contributed by atoms with van der Waals surface area (Å²) in [7, 11) is 1.70. The van der Waals surface area contributed by atoms with Gasteiger partial charge in [0.25, 0.3) is 0 Å². The zero-order chi connectivity index (χ0) is 24.1. The summed E-state index contributed by atoms with van der Waals surface area (Å²) in [5.74, 6) is 1.49. The molecule has 4 rings (SSSR count). The lowest BCUT2D eigenvalue weighted by atomic mass is 9.78. The molecule has 0 saturated carbocycles. The fourth-order valence-corrected chi connectivity index (χ4v) is 5.57. The molecule has 34 heavy (non-hydrogen) atoms. The number of amides is 3. The van der Waals surface area contributed by atoms with Gasteiger partial charge in [0.1, 0.15) is 5.75 Å². The van der Waals surface area contributed by atoms with E-state index >= 15 is 0 Å². The van der Waals surface area contributed by atoms with Gasteiger partial charge in [-0.25, -0.2) is 4.79 Å². The van der Waals surface area contributed by atoms with Crippen LogP contribution in [0.2, 0.25) is 0 Å². The first-order chi connectivity index (χ1) is 16.4. The molecule has 3 fully saturated rings. The number of carbonyl (C=O) groups is 2. The normalized spacial score (nSPS) is 22.7. The summed E-state index contributed by atoms with van der Waals surface area (Å²) in [6, 6.07) is 8.22.